The molecule has 0 saturated carbocycles. The number of halogens is 1. The van der Waals surface area contributed by atoms with Crippen LogP contribution in [-0.2, 0) is 5.54 Å². The largest absolute Gasteiger partial charge is 0.320 e. The molecule has 2 N–H and O–H groups in total. The summed E-state index contributed by atoms with van der Waals surface area (Å²) in [6.07, 6.45) is 1.57. The van der Waals surface area contributed by atoms with Crippen LogP contribution in [0.1, 0.15) is 19.5 Å². The van der Waals surface area contributed by atoms with Crippen LogP contribution in [-0.4, -0.2) is 19.9 Å². The first-order valence-corrected chi connectivity index (χ1v) is 5.83. The highest BCUT2D eigenvalue weighted by atomic mass is 35.5. The zero-order valence-corrected chi connectivity index (χ0v) is 11.1. The van der Waals surface area contributed by atoms with E-state index in [-0.39, 0.29) is 16.4 Å². The second kappa shape index (κ2) is 4.60. The molecule has 2 rings (SSSR count). The summed E-state index contributed by atoms with van der Waals surface area (Å²) in [4.78, 5) is 10.5. The first-order valence-electron chi connectivity index (χ1n) is 5.45. The second-order valence-electron chi connectivity index (χ2n) is 4.66. The Hall–Kier alpha value is -1.99. The van der Waals surface area contributed by atoms with Crippen molar-refractivity contribution < 1.29 is 4.92 Å². The predicted octanol–water partition coefficient (Wildman–Crippen LogP) is 2.02. The molecule has 0 unspecified atom stereocenters. The van der Waals surface area contributed by atoms with Crippen molar-refractivity contribution in [3.63, 3.8) is 0 Å². The van der Waals surface area contributed by atoms with Gasteiger partial charge in [-0.05, 0) is 26.0 Å². The van der Waals surface area contributed by atoms with Gasteiger partial charge < -0.3 is 5.73 Å². The molecule has 0 aliphatic heterocycles. The van der Waals surface area contributed by atoms with E-state index < -0.39 is 10.5 Å². The van der Waals surface area contributed by atoms with Gasteiger partial charge in [-0.2, -0.15) is 0 Å². The molecule has 0 bridgehead atoms. The van der Waals surface area contributed by atoms with E-state index >= 15 is 0 Å². The fourth-order valence-corrected chi connectivity index (χ4v) is 1.68. The van der Waals surface area contributed by atoms with Gasteiger partial charge in [-0.15, -0.1) is 5.10 Å². The molecule has 0 atom stereocenters. The van der Waals surface area contributed by atoms with Gasteiger partial charge in [0.25, 0.3) is 5.69 Å². The fourth-order valence-electron chi connectivity index (χ4n) is 1.51. The Balaban J connectivity index is 2.53. The quantitative estimate of drug-likeness (QED) is 0.685. The highest BCUT2D eigenvalue weighted by Gasteiger charge is 2.22. The summed E-state index contributed by atoms with van der Waals surface area (Å²) in [5, 5.41) is 19.1. The lowest BCUT2D eigenvalue weighted by Crippen LogP contribution is -2.29. The number of benzene rings is 1. The topological polar surface area (TPSA) is 99.9 Å². The summed E-state index contributed by atoms with van der Waals surface area (Å²) in [5.41, 5.74) is 5.92. The van der Waals surface area contributed by atoms with Gasteiger partial charge in [0.05, 0.1) is 16.7 Å². The second-order valence-corrected chi connectivity index (χ2v) is 5.10. The lowest BCUT2D eigenvalue weighted by molar-refractivity contribution is -0.384. The van der Waals surface area contributed by atoms with Crippen LogP contribution in [0.25, 0.3) is 5.69 Å². The van der Waals surface area contributed by atoms with E-state index in [0.717, 1.165) is 0 Å². The fraction of sp³-hybridized carbons (Fsp3) is 0.273. The molecule has 0 fully saturated rings. The summed E-state index contributed by atoms with van der Waals surface area (Å²) in [6, 6.07) is 4.34. The Morgan fingerprint density at radius 3 is 2.68 bits per heavy atom. The number of nitro benzene ring substituents is 1. The van der Waals surface area contributed by atoms with Crippen LogP contribution in [0, 0.1) is 10.1 Å². The number of rotatable bonds is 3. The average molecular weight is 282 g/mol. The first kappa shape index (κ1) is 13.4. The van der Waals surface area contributed by atoms with Crippen LogP contribution in [0.5, 0.6) is 0 Å². The lowest BCUT2D eigenvalue weighted by atomic mass is 10.0. The van der Waals surface area contributed by atoms with E-state index in [0.29, 0.717) is 5.69 Å². The third kappa shape index (κ3) is 2.72. The molecular weight excluding hydrogens is 270 g/mol. The lowest BCUT2D eigenvalue weighted by Gasteiger charge is -2.13. The summed E-state index contributed by atoms with van der Waals surface area (Å²) >= 11 is 5.76. The van der Waals surface area contributed by atoms with Crippen LogP contribution < -0.4 is 5.73 Å². The van der Waals surface area contributed by atoms with Gasteiger partial charge in [0.1, 0.15) is 11.4 Å². The van der Waals surface area contributed by atoms with Gasteiger partial charge in [-0.25, -0.2) is 4.68 Å². The number of nitrogens with zero attached hydrogens (tertiary/aromatic N) is 4. The monoisotopic (exact) mass is 281 g/mol. The Labute approximate surface area is 114 Å². The molecular formula is C11H12ClN5O2. The Morgan fingerprint density at radius 1 is 1.47 bits per heavy atom. The number of nitrogens with two attached hydrogens (primary N) is 1. The Bertz CT molecular complexity index is 632. The van der Waals surface area contributed by atoms with Gasteiger partial charge in [-0.1, -0.05) is 16.8 Å². The van der Waals surface area contributed by atoms with Crippen LogP contribution >= 0.6 is 11.6 Å². The van der Waals surface area contributed by atoms with E-state index in [2.05, 4.69) is 10.3 Å². The number of hydrogen-bond donors (Lipinski definition) is 1. The molecule has 0 aliphatic carbocycles. The van der Waals surface area contributed by atoms with Crippen molar-refractivity contribution in [2.45, 2.75) is 19.4 Å². The van der Waals surface area contributed by atoms with Crippen LogP contribution in [0.2, 0.25) is 5.02 Å². The van der Waals surface area contributed by atoms with E-state index in [1.165, 1.54) is 16.8 Å². The van der Waals surface area contributed by atoms with Gasteiger partial charge in [-0.3, -0.25) is 10.1 Å². The summed E-state index contributed by atoms with van der Waals surface area (Å²) in [5.74, 6) is 0. The highest BCUT2D eigenvalue weighted by molar-refractivity contribution is 6.30. The van der Waals surface area contributed by atoms with E-state index in [1.807, 2.05) is 0 Å². The van der Waals surface area contributed by atoms with E-state index in [4.69, 9.17) is 17.3 Å². The molecule has 0 saturated heterocycles. The zero-order valence-electron chi connectivity index (χ0n) is 10.4. The smallest absolute Gasteiger partial charge is 0.296 e. The predicted molar refractivity (Wildman–Crippen MR) is 70.2 cm³/mol. The molecule has 8 heteroatoms. The molecule has 1 aromatic carbocycles. The minimum Gasteiger partial charge on any atom is -0.320 e. The SMILES string of the molecule is CC(C)(N)c1cn(-c2ccc(Cl)cc2[N+](=O)[O-])nn1. The maximum absolute atomic E-state index is 11.0. The van der Waals surface area contributed by atoms with Crippen LogP contribution in [0.3, 0.4) is 0 Å². The van der Waals surface area contributed by atoms with Gasteiger partial charge in [0.15, 0.2) is 0 Å². The summed E-state index contributed by atoms with van der Waals surface area (Å²) in [6.45, 7) is 3.55. The van der Waals surface area contributed by atoms with Crippen molar-refractivity contribution in [3.8, 4) is 5.69 Å². The summed E-state index contributed by atoms with van der Waals surface area (Å²) < 4.78 is 1.32. The van der Waals surface area contributed by atoms with Crippen molar-refractivity contribution in [3.05, 3.63) is 45.2 Å². The van der Waals surface area contributed by atoms with Crippen LogP contribution in [0.4, 0.5) is 5.69 Å². The van der Waals surface area contributed by atoms with Gasteiger partial charge in [0.2, 0.25) is 0 Å². The number of aromatic nitrogens is 3. The molecule has 1 heterocycles. The van der Waals surface area contributed by atoms with Crippen LogP contribution in [0.15, 0.2) is 24.4 Å². The Kier molecular flexibility index (Phi) is 3.25. The number of nitro groups is 1. The minimum atomic E-state index is -0.667. The normalized spacial score (nSPS) is 11.6. The summed E-state index contributed by atoms with van der Waals surface area (Å²) in [7, 11) is 0. The molecule has 2 aromatic rings. The molecule has 100 valence electrons. The standard InChI is InChI=1S/C11H12ClN5O2/c1-11(2,13)10-6-16(15-14-10)8-4-3-7(12)5-9(8)17(18)19/h3-6H,13H2,1-2H3. The molecule has 0 aliphatic rings. The maximum Gasteiger partial charge on any atom is 0.296 e. The molecule has 7 nitrogen and oxygen atoms in total. The van der Waals surface area contributed by atoms with Gasteiger partial charge in [0, 0.05) is 11.1 Å². The third-order valence-electron chi connectivity index (χ3n) is 2.53. The molecule has 0 radical (unpaired) electrons. The number of hydrogen-bond acceptors (Lipinski definition) is 5. The van der Waals surface area contributed by atoms with E-state index in [1.54, 1.807) is 26.1 Å². The minimum absolute atomic E-state index is 0.140. The maximum atomic E-state index is 11.0. The van der Waals surface area contributed by atoms with Gasteiger partial charge >= 0.3 is 0 Å². The molecule has 1 aromatic heterocycles. The van der Waals surface area contributed by atoms with E-state index in [9.17, 15) is 10.1 Å². The van der Waals surface area contributed by atoms with Crippen molar-refractivity contribution in [2.75, 3.05) is 0 Å². The third-order valence-corrected chi connectivity index (χ3v) is 2.77. The highest BCUT2D eigenvalue weighted by Crippen LogP contribution is 2.26. The van der Waals surface area contributed by atoms with Crippen molar-refractivity contribution >= 4 is 17.3 Å². The average Bonchev–Trinajstić information content (AvgIpc) is 2.77. The molecule has 0 amide bonds. The molecule has 19 heavy (non-hydrogen) atoms. The van der Waals surface area contributed by atoms with Crippen molar-refractivity contribution in [1.29, 1.82) is 0 Å². The van der Waals surface area contributed by atoms with Crippen molar-refractivity contribution in [2.24, 2.45) is 5.73 Å². The van der Waals surface area contributed by atoms with Crippen molar-refractivity contribution in [1.82, 2.24) is 15.0 Å². The first-order chi connectivity index (χ1) is 8.79. The zero-order chi connectivity index (χ0) is 14.2. The molecule has 0 spiro atoms. The Morgan fingerprint density at radius 2 is 2.16 bits per heavy atom.